The molecule has 0 unspecified atom stereocenters. The van der Waals surface area contributed by atoms with E-state index in [1.54, 1.807) is 0 Å². The molecular weight excluding hydrogens is 326 g/mol. The van der Waals surface area contributed by atoms with Crippen molar-refractivity contribution in [3.05, 3.63) is 48.2 Å². The summed E-state index contributed by atoms with van der Waals surface area (Å²) in [6, 6.07) is 12.5. The average molecular weight is 349 g/mol. The summed E-state index contributed by atoms with van der Waals surface area (Å²) in [4.78, 5) is 3.46. The topological polar surface area (TPSA) is 58.3 Å². The maximum Gasteiger partial charge on any atom is 0.163 e. The number of anilines is 2. The zero-order chi connectivity index (χ0) is 17.3. The lowest BCUT2D eigenvalue weighted by Crippen LogP contribution is -2.26. The Labute approximate surface area is 152 Å². The molecule has 1 fully saturated rings. The van der Waals surface area contributed by atoms with E-state index in [-0.39, 0.29) is 0 Å². The Morgan fingerprint density at radius 3 is 2.54 bits per heavy atom. The summed E-state index contributed by atoms with van der Waals surface area (Å²) in [7, 11) is 0. The first-order valence-corrected chi connectivity index (χ1v) is 9.35. The van der Waals surface area contributed by atoms with Gasteiger partial charge in [-0.2, -0.15) is 0 Å². The fourth-order valence-electron chi connectivity index (χ4n) is 3.98. The van der Waals surface area contributed by atoms with Crippen molar-refractivity contribution in [3.63, 3.8) is 0 Å². The largest absolute Gasteiger partial charge is 0.486 e. The molecule has 5 heteroatoms. The third-order valence-electron chi connectivity index (χ3n) is 5.32. The molecular formula is C21H23N3O2. The monoisotopic (exact) mass is 349 g/mol. The van der Waals surface area contributed by atoms with Crippen LogP contribution in [0.15, 0.2) is 42.6 Å². The van der Waals surface area contributed by atoms with Crippen molar-refractivity contribution in [2.45, 2.75) is 18.8 Å². The predicted molar refractivity (Wildman–Crippen MR) is 104 cm³/mol. The van der Waals surface area contributed by atoms with Crippen molar-refractivity contribution in [3.8, 4) is 11.5 Å². The van der Waals surface area contributed by atoms with Crippen LogP contribution in [0.2, 0.25) is 0 Å². The minimum absolute atomic E-state index is 0.602. The van der Waals surface area contributed by atoms with Gasteiger partial charge in [-0.3, -0.25) is 0 Å². The molecule has 2 aliphatic rings. The highest BCUT2D eigenvalue weighted by atomic mass is 16.6. The van der Waals surface area contributed by atoms with Crippen LogP contribution in [-0.2, 0) is 0 Å². The molecule has 0 atom stereocenters. The molecule has 0 amide bonds. The quantitative estimate of drug-likeness (QED) is 0.665. The molecule has 0 spiro atoms. The van der Waals surface area contributed by atoms with Gasteiger partial charge in [0.05, 0.1) is 0 Å². The molecule has 3 N–H and O–H groups in total. The summed E-state index contributed by atoms with van der Waals surface area (Å²) in [5, 5.41) is 8.25. The zero-order valence-corrected chi connectivity index (χ0v) is 14.7. The predicted octanol–water partition coefficient (Wildman–Crippen LogP) is 4.15. The molecule has 3 aromatic rings. The molecule has 5 nitrogen and oxygen atoms in total. The van der Waals surface area contributed by atoms with Crippen molar-refractivity contribution in [2.75, 3.05) is 31.6 Å². The number of hydrogen-bond acceptors (Lipinski definition) is 4. The van der Waals surface area contributed by atoms with Gasteiger partial charge in [0.25, 0.3) is 0 Å². The van der Waals surface area contributed by atoms with E-state index in [0.717, 1.165) is 36.0 Å². The molecule has 5 rings (SSSR count). The number of nitrogens with one attached hydrogen (secondary N) is 3. The average Bonchev–Trinajstić information content (AvgIpc) is 3.12. The van der Waals surface area contributed by atoms with Gasteiger partial charge < -0.3 is 25.1 Å². The number of aromatic amines is 1. The Hall–Kier alpha value is -2.66. The van der Waals surface area contributed by atoms with Crippen LogP contribution in [-0.4, -0.2) is 31.3 Å². The van der Waals surface area contributed by atoms with Gasteiger partial charge >= 0.3 is 0 Å². The number of benzene rings is 2. The molecule has 2 aromatic carbocycles. The van der Waals surface area contributed by atoms with E-state index in [4.69, 9.17) is 9.47 Å². The first-order chi connectivity index (χ1) is 12.9. The van der Waals surface area contributed by atoms with E-state index in [2.05, 4.69) is 40.0 Å². The van der Waals surface area contributed by atoms with Crippen molar-refractivity contribution in [1.82, 2.24) is 10.3 Å². The van der Waals surface area contributed by atoms with Crippen LogP contribution >= 0.6 is 0 Å². The third-order valence-corrected chi connectivity index (χ3v) is 5.32. The van der Waals surface area contributed by atoms with Crippen LogP contribution < -0.4 is 20.1 Å². The van der Waals surface area contributed by atoms with Gasteiger partial charge in [-0.25, -0.2) is 0 Å². The Morgan fingerprint density at radius 2 is 1.65 bits per heavy atom. The van der Waals surface area contributed by atoms with Crippen LogP contribution in [0.4, 0.5) is 11.4 Å². The standard InChI is InChI=1S/C21H23N3O2/c1-3-17-18(14-5-7-22-8-6-14)13-23-19(17)11-15(1)24-16-2-4-20-21(12-16)26-10-9-25-20/h1-4,11-14,22-24H,5-10H2. The number of piperidine rings is 1. The number of ether oxygens (including phenoxy) is 2. The van der Waals surface area contributed by atoms with Crippen molar-refractivity contribution in [2.24, 2.45) is 0 Å². The second-order valence-electron chi connectivity index (χ2n) is 7.01. The maximum absolute atomic E-state index is 5.67. The molecule has 0 bridgehead atoms. The van der Waals surface area contributed by atoms with E-state index < -0.39 is 0 Å². The Balaban J connectivity index is 1.40. The van der Waals surface area contributed by atoms with Crippen LogP contribution in [0.3, 0.4) is 0 Å². The number of aromatic nitrogens is 1. The Morgan fingerprint density at radius 1 is 0.885 bits per heavy atom. The molecule has 134 valence electrons. The van der Waals surface area contributed by atoms with Gasteiger partial charge in [-0.1, -0.05) is 6.07 Å². The summed E-state index contributed by atoms with van der Waals surface area (Å²) in [6.07, 6.45) is 4.61. The normalized spacial score (nSPS) is 17.4. The first kappa shape index (κ1) is 15.6. The van der Waals surface area contributed by atoms with Gasteiger partial charge in [-0.15, -0.1) is 0 Å². The SMILES string of the molecule is c1cc2c(cc1Nc1ccc3c(C4CCNCC4)c[nH]c3c1)OCCO2. The fraction of sp³-hybridized carbons (Fsp3) is 0.333. The zero-order valence-electron chi connectivity index (χ0n) is 14.7. The second kappa shape index (κ2) is 6.57. The molecule has 0 radical (unpaired) electrons. The smallest absolute Gasteiger partial charge is 0.163 e. The van der Waals surface area contributed by atoms with Crippen LogP contribution in [0, 0.1) is 0 Å². The maximum atomic E-state index is 5.67. The van der Waals surface area contributed by atoms with Crippen LogP contribution in [0.1, 0.15) is 24.3 Å². The van der Waals surface area contributed by atoms with E-state index in [9.17, 15) is 0 Å². The van der Waals surface area contributed by atoms with Gasteiger partial charge in [0.15, 0.2) is 11.5 Å². The van der Waals surface area contributed by atoms with Gasteiger partial charge in [0, 0.05) is 34.5 Å². The van der Waals surface area contributed by atoms with E-state index in [1.807, 2.05) is 18.2 Å². The van der Waals surface area contributed by atoms with Crippen LogP contribution in [0.25, 0.3) is 10.9 Å². The number of fused-ring (bicyclic) bond motifs is 2. The molecule has 1 aromatic heterocycles. The molecule has 0 saturated carbocycles. The lowest BCUT2D eigenvalue weighted by Gasteiger charge is -2.22. The van der Waals surface area contributed by atoms with E-state index in [1.165, 1.54) is 29.3 Å². The molecule has 2 aliphatic heterocycles. The molecule has 1 saturated heterocycles. The highest BCUT2D eigenvalue weighted by Crippen LogP contribution is 2.35. The van der Waals surface area contributed by atoms with Crippen molar-refractivity contribution in [1.29, 1.82) is 0 Å². The minimum Gasteiger partial charge on any atom is -0.486 e. The minimum atomic E-state index is 0.602. The number of hydrogen-bond donors (Lipinski definition) is 3. The summed E-state index contributed by atoms with van der Waals surface area (Å²) in [5.74, 6) is 2.27. The third kappa shape index (κ3) is 2.88. The second-order valence-corrected chi connectivity index (χ2v) is 7.01. The first-order valence-electron chi connectivity index (χ1n) is 9.35. The summed E-state index contributed by atoms with van der Waals surface area (Å²) in [6.45, 7) is 3.44. The lowest BCUT2D eigenvalue weighted by atomic mass is 9.90. The highest BCUT2D eigenvalue weighted by Gasteiger charge is 2.18. The highest BCUT2D eigenvalue weighted by molar-refractivity contribution is 5.87. The Kier molecular flexibility index (Phi) is 3.94. The molecule has 0 aliphatic carbocycles. The Bertz CT molecular complexity index is 928. The lowest BCUT2D eigenvalue weighted by molar-refractivity contribution is 0.171. The van der Waals surface area contributed by atoms with Gasteiger partial charge in [-0.05, 0) is 61.7 Å². The van der Waals surface area contributed by atoms with Crippen molar-refractivity contribution >= 4 is 22.3 Å². The van der Waals surface area contributed by atoms with Crippen molar-refractivity contribution < 1.29 is 9.47 Å². The van der Waals surface area contributed by atoms with Crippen LogP contribution in [0.5, 0.6) is 11.5 Å². The van der Waals surface area contributed by atoms with Gasteiger partial charge in [0.2, 0.25) is 0 Å². The number of H-pyrrole nitrogens is 1. The summed E-state index contributed by atoms with van der Waals surface area (Å²) in [5.41, 5.74) is 4.69. The summed E-state index contributed by atoms with van der Waals surface area (Å²) >= 11 is 0. The van der Waals surface area contributed by atoms with E-state index in [0.29, 0.717) is 19.1 Å². The van der Waals surface area contributed by atoms with E-state index >= 15 is 0 Å². The molecule has 3 heterocycles. The van der Waals surface area contributed by atoms with Gasteiger partial charge in [0.1, 0.15) is 13.2 Å². The fourth-order valence-corrected chi connectivity index (χ4v) is 3.98. The summed E-state index contributed by atoms with van der Waals surface area (Å²) < 4.78 is 11.3. The molecule has 26 heavy (non-hydrogen) atoms. The number of rotatable bonds is 3.